The van der Waals surface area contributed by atoms with E-state index in [1.807, 2.05) is 7.05 Å². The van der Waals surface area contributed by atoms with Crippen molar-refractivity contribution in [3.63, 3.8) is 0 Å². The molecule has 2 aliphatic heterocycles. The molecule has 2 rings (SSSR count). The van der Waals surface area contributed by atoms with Crippen LogP contribution in [0.25, 0.3) is 0 Å². The lowest BCUT2D eigenvalue weighted by Gasteiger charge is -2.48. The van der Waals surface area contributed by atoms with Gasteiger partial charge in [0, 0.05) is 32.2 Å². The van der Waals surface area contributed by atoms with Gasteiger partial charge in [-0.05, 0) is 38.5 Å². The first-order valence-corrected chi connectivity index (χ1v) is 6.35. The molecule has 2 saturated heterocycles. The van der Waals surface area contributed by atoms with Gasteiger partial charge in [-0.2, -0.15) is 0 Å². The van der Waals surface area contributed by atoms with Gasteiger partial charge in [0.05, 0.1) is 0 Å². The lowest BCUT2D eigenvalue weighted by molar-refractivity contribution is 0.0501. The van der Waals surface area contributed by atoms with E-state index in [1.165, 1.54) is 32.4 Å². The minimum Gasteiger partial charge on any atom is -0.366 e. The summed E-state index contributed by atoms with van der Waals surface area (Å²) in [6, 6.07) is 1.29. The Morgan fingerprint density at radius 3 is 2.87 bits per heavy atom. The minimum absolute atomic E-state index is 0.555. The molecule has 0 bridgehead atoms. The third kappa shape index (κ3) is 2.26. The van der Waals surface area contributed by atoms with E-state index in [1.54, 1.807) is 0 Å². The molecule has 0 radical (unpaired) electrons. The van der Waals surface area contributed by atoms with Gasteiger partial charge < -0.3 is 10.2 Å². The SMILES string of the molecule is CNC(=S)N1CC2CCCCN2CC1C. The maximum Gasteiger partial charge on any atom is 0.169 e. The highest BCUT2D eigenvalue weighted by Gasteiger charge is 2.33. The van der Waals surface area contributed by atoms with Crippen molar-refractivity contribution < 1.29 is 0 Å². The molecule has 0 aromatic carbocycles. The van der Waals surface area contributed by atoms with Crippen LogP contribution in [0.3, 0.4) is 0 Å². The largest absolute Gasteiger partial charge is 0.366 e. The molecular formula is C11H21N3S. The Kier molecular flexibility index (Phi) is 3.46. The Bertz CT molecular complexity index is 244. The summed E-state index contributed by atoms with van der Waals surface area (Å²) >= 11 is 5.34. The van der Waals surface area contributed by atoms with Crippen LogP contribution in [-0.2, 0) is 0 Å². The van der Waals surface area contributed by atoms with E-state index in [0.29, 0.717) is 6.04 Å². The average Bonchev–Trinajstić information content (AvgIpc) is 2.27. The Labute approximate surface area is 97.8 Å². The molecular weight excluding hydrogens is 206 g/mol. The van der Waals surface area contributed by atoms with Gasteiger partial charge in [0.1, 0.15) is 0 Å². The number of piperidine rings is 1. The van der Waals surface area contributed by atoms with Crippen molar-refractivity contribution >= 4 is 17.3 Å². The van der Waals surface area contributed by atoms with Crippen molar-refractivity contribution in [1.29, 1.82) is 0 Å². The summed E-state index contributed by atoms with van der Waals surface area (Å²) in [5, 5.41) is 4.01. The van der Waals surface area contributed by atoms with Crippen LogP contribution >= 0.6 is 12.2 Å². The Morgan fingerprint density at radius 2 is 2.13 bits per heavy atom. The highest BCUT2D eigenvalue weighted by molar-refractivity contribution is 7.80. The van der Waals surface area contributed by atoms with E-state index in [0.717, 1.165) is 17.7 Å². The third-order valence-electron chi connectivity index (χ3n) is 3.66. The number of nitrogens with zero attached hydrogens (tertiary/aromatic N) is 2. The quantitative estimate of drug-likeness (QED) is 0.623. The van der Waals surface area contributed by atoms with Crippen molar-refractivity contribution in [3.05, 3.63) is 0 Å². The standard InChI is InChI=1S/C11H21N3S/c1-9-7-13-6-4-3-5-10(13)8-14(9)11(15)12-2/h9-10H,3-8H2,1-2H3,(H,12,15). The number of hydrogen-bond acceptors (Lipinski definition) is 2. The topological polar surface area (TPSA) is 18.5 Å². The van der Waals surface area contributed by atoms with Gasteiger partial charge in [-0.1, -0.05) is 6.42 Å². The van der Waals surface area contributed by atoms with Crippen molar-refractivity contribution in [3.8, 4) is 0 Å². The van der Waals surface area contributed by atoms with Crippen molar-refractivity contribution in [2.24, 2.45) is 0 Å². The molecule has 2 atom stereocenters. The summed E-state index contributed by atoms with van der Waals surface area (Å²) in [4.78, 5) is 4.99. The number of piperazine rings is 1. The van der Waals surface area contributed by atoms with Gasteiger partial charge >= 0.3 is 0 Å². The molecule has 0 aliphatic carbocycles. The van der Waals surface area contributed by atoms with Gasteiger partial charge in [-0.3, -0.25) is 4.90 Å². The van der Waals surface area contributed by atoms with Gasteiger partial charge in [0.2, 0.25) is 0 Å². The predicted octanol–water partition coefficient (Wildman–Crippen LogP) is 1.05. The van der Waals surface area contributed by atoms with Crippen molar-refractivity contribution in [2.75, 3.05) is 26.7 Å². The lowest BCUT2D eigenvalue weighted by atomic mass is 9.97. The van der Waals surface area contributed by atoms with E-state index in [2.05, 4.69) is 22.0 Å². The van der Waals surface area contributed by atoms with Gasteiger partial charge in [-0.15, -0.1) is 0 Å². The van der Waals surface area contributed by atoms with E-state index >= 15 is 0 Å². The highest BCUT2D eigenvalue weighted by Crippen LogP contribution is 2.23. The number of hydrogen-bond donors (Lipinski definition) is 1. The van der Waals surface area contributed by atoms with Gasteiger partial charge in [0.15, 0.2) is 5.11 Å². The second-order valence-electron chi connectivity index (χ2n) is 4.70. The first-order chi connectivity index (χ1) is 7.22. The second-order valence-corrected chi connectivity index (χ2v) is 5.09. The zero-order valence-electron chi connectivity index (χ0n) is 9.70. The maximum atomic E-state index is 5.34. The van der Waals surface area contributed by atoms with Crippen LogP contribution in [0.2, 0.25) is 0 Å². The zero-order chi connectivity index (χ0) is 10.8. The van der Waals surface area contributed by atoms with Gasteiger partial charge in [-0.25, -0.2) is 0 Å². The second kappa shape index (κ2) is 4.66. The molecule has 0 amide bonds. The summed E-state index contributed by atoms with van der Waals surface area (Å²) in [5.74, 6) is 0. The van der Waals surface area contributed by atoms with Crippen LogP contribution in [0.4, 0.5) is 0 Å². The third-order valence-corrected chi connectivity index (χ3v) is 4.10. The van der Waals surface area contributed by atoms with E-state index in [9.17, 15) is 0 Å². The fourth-order valence-electron chi connectivity index (χ4n) is 2.78. The van der Waals surface area contributed by atoms with E-state index in [4.69, 9.17) is 12.2 Å². The van der Waals surface area contributed by atoms with Crippen LogP contribution in [0.15, 0.2) is 0 Å². The summed E-state index contributed by atoms with van der Waals surface area (Å²) in [6.45, 7) is 5.84. The number of fused-ring (bicyclic) bond motifs is 1. The molecule has 0 aromatic rings. The zero-order valence-corrected chi connectivity index (χ0v) is 10.5. The molecule has 0 aromatic heterocycles. The Balaban J connectivity index is 2.01. The van der Waals surface area contributed by atoms with Crippen LogP contribution in [0.5, 0.6) is 0 Å². The molecule has 2 heterocycles. The van der Waals surface area contributed by atoms with Crippen LogP contribution in [-0.4, -0.2) is 53.7 Å². The molecule has 2 unspecified atom stereocenters. The number of thiocarbonyl (C=S) groups is 1. The van der Waals surface area contributed by atoms with Gasteiger partial charge in [0.25, 0.3) is 0 Å². The lowest BCUT2D eigenvalue weighted by Crippen LogP contribution is -2.61. The molecule has 2 aliphatic rings. The fraction of sp³-hybridized carbons (Fsp3) is 0.909. The smallest absolute Gasteiger partial charge is 0.169 e. The normalized spacial score (nSPS) is 32.3. The predicted molar refractivity (Wildman–Crippen MR) is 67.0 cm³/mol. The average molecular weight is 227 g/mol. The Morgan fingerprint density at radius 1 is 1.33 bits per heavy atom. The molecule has 0 saturated carbocycles. The molecule has 3 nitrogen and oxygen atoms in total. The van der Waals surface area contributed by atoms with Crippen LogP contribution in [0, 0.1) is 0 Å². The molecule has 15 heavy (non-hydrogen) atoms. The fourth-order valence-corrected chi connectivity index (χ4v) is 3.03. The van der Waals surface area contributed by atoms with Crippen molar-refractivity contribution in [2.45, 2.75) is 38.3 Å². The number of nitrogens with one attached hydrogen (secondary N) is 1. The Hall–Kier alpha value is -0.350. The van der Waals surface area contributed by atoms with Crippen LogP contribution < -0.4 is 5.32 Å². The van der Waals surface area contributed by atoms with Crippen molar-refractivity contribution in [1.82, 2.24) is 15.1 Å². The van der Waals surface area contributed by atoms with E-state index < -0.39 is 0 Å². The number of rotatable bonds is 0. The maximum absolute atomic E-state index is 5.34. The first kappa shape index (κ1) is 11.1. The molecule has 0 spiro atoms. The highest BCUT2D eigenvalue weighted by atomic mass is 32.1. The molecule has 1 N–H and O–H groups in total. The van der Waals surface area contributed by atoms with E-state index in [-0.39, 0.29) is 0 Å². The molecule has 86 valence electrons. The first-order valence-electron chi connectivity index (χ1n) is 5.94. The minimum atomic E-state index is 0.555. The monoisotopic (exact) mass is 227 g/mol. The summed E-state index contributed by atoms with van der Waals surface area (Å²) in [5.41, 5.74) is 0. The molecule has 2 fully saturated rings. The van der Waals surface area contributed by atoms with Crippen LogP contribution in [0.1, 0.15) is 26.2 Å². The molecule has 4 heteroatoms. The summed E-state index contributed by atoms with van der Waals surface area (Å²) in [7, 11) is 1.92. The summed E-state index contributed by atoms with van der Waals surface area (Å²) in [6.07, 6.45) is 4.10. The summed E-state index contributed by atoms with van der Waals surface area (Å²) < 4.78 is 0.